The molecule has 1 saturated heterocycles. The van der Waals surface area contributed by atoms with E-state index in [-0.39, 0.29) is 6.03 Å². The quantitative estimate of drug-likeness (QED) is 0.722. The topological polar surface area (TPSA) is 98.3 Å². The maximum absolute atomic E-state index is 11.8. The Morgan fingerprint density at radius 1 is 1.67 bits per heavy atom. The Morgan fingerprint density at radius 2 is 2.50 bits per heavy atom. The first-order chi connectivity index (χ1) is 8.68. The number of rotatable bonds is 4. The van der Waals surface area contributed by atoms with Crippen molar-refractivity contribution in [3.63, 3.8) is 0 Å². The van der Waals surface area contributed by atoms with Gasteiger partial charge in [-0.3, -0.25) is 0 Å². The van der Waals surface area contributed by atoms with Crippen molar-refractivity contribution in [1.82, 2.24) is 20.2 Å². The normalized spacial score (nSPS) is 18.9. The third kappa shape index (κ3) is 2.95. The summed E-state index contributed by atoms with van der Waals surface area (Å²) in [6.45, 7) is 0.430. The van der Waals surface area contributed by atoms with Crippen LogP contribution in [0.3, 0.4) is 0 Å². The summed E-state index contributed by atoms with van der Waals surface area (Å²) in [5, 5.41) is 11.7. The van der Waals surface area contributed by atoms with E-state index in [1.54, 1.807) is 12.4 Å². The number of amides is 2. The van der Waals surface area contributed by atoms with Crippen LogP contribution in [0.2, 0.25) is 0 Å². The molecule has 18 heavy (non-hydrogen) atoms. The van der Waals surface area contributed by atoms with Gasteiger partial charge < -0.3 is 20.3 Å². The molecule has 1 aromatic heterocycles. The summed E-state index contributed by atoms with van der Waals surface area (Å²) in [6.07, 6.45) is 3.96. The van der Waals surface area contributed by atoms with Crippen LogP contribution in [0.4, 0.5) is 4.79 Å². The second kappa shape index (κ2) is 5.76. The van der Waals surface area contributed by atoms with Crippen molar-refractivity contribution >= 4 is 23.8 Å². The fourth-order valence-corrected chi connectivity index (χ4v) is 2.82. The smallest absolute Gasteiger partial charge is 0.327 e. The summed E-state index contributed by atoms with van der Waals surface area (Å²) in [5.41, 5.74) is 0. The van der Waals surface area contributed by atoms with Crippen LogP contribution in [-0.2, 0) is 11.2 Å². The van der Waals surface area contributed by atoms with Gasteiger partial charge in [-0.1, -0.05) is 0 Å². The van der Waals surface area contributed by atoms with E-state index >= 15 is 0 Å². The van der Waals surface area contributed by atoms with Crippen LogP contribution in [0, 0.1) is 0 Å². The molecule has 8 heteroatoms. The lowest BCUT2D eigenvalue weighted by atomic mass is 10.3. The van der Waals surface area contributed by atoms with Gasteiger partial charge in [0.05, 0.1) is 5.88 Å². The average Bonchev–Trinajstić information content (AvgIpc) is 2.99. The van der Waals surface area contributed by atoms with Gasteiger partial charge in [0.1, 0.15) is 11.9 Å². The number of carbonyl (C=O) groups excluding carboxylic acids is 1. The lowest BCUT2D eigenvalue weighted by molar-refractivity contribution is -0.140. The Balaban J connectivity index is 1.79. The van der Waals surface area contributed by atoms with Crippen molar-refractivity contribution in [1.29, 1.82) is 0 Å². The molecule has 1 aliphatic rings. The number of H-pyrrole nitrogens is 1. The van der Waals surface area contributed by atoms with E-state index in [4.69, 9.17) is 5.11 Å². The van der Waals surface area contributed by atoms with Crippen LogP contribution in [0.15, 0.2) is 12.4 Å². The van der Waals surface area contributed by atoms with Crippen LogP contribution in [0.1, 0.15) is 5.82 Å². The number of carboxylic acid groups (broad SMARTS) is 1. The van der Waals surface area contributed by atoms with Gasteiger partial charge in [-0.05, 0) is 0 Å². The zero-order valence-electron chi connectivity index (χ0n) is 9.63. The standard InChI is InChI=1S/C10H14N4O3S/c15-9(16)7-5-18-6-14(7)10(17)13-2-1-8-11-3-4-12-8/h3-4,7H,1-2,5-6H2,(H,11,12)(H,13,17)(H,15,16)/t7-/m0/s1. The van der Waals surface area contributed by atoms with Crippen molar-refractivity contribution in [2.75, 3.05) is 18.2 Å². The molecule has 1 atom stereocenters. The Labute approximate surface area is 108 Å². The molecule has 1 fully saturated rings. The molecule has 2 rings (SSSR count). The highest BCUT2D eigenvalue weighted by Gasteiger charge is 2.34. The highest BCUT2D eigenvalue weighted by Crippen LogP contribution is 2.20. The van der Waals surface area contributed by atoms with E-state index in [1.165, 1.54) is 16.7 Å². The lowest BCUT2D eigenvalue weighted by Gasteiger charge is -2.20. The first kappa shape index (κ1) is 12.7. The molecule has 0 bridgehead atoms. The molecule has 0 aliphatic carbocycles. The predicted octanol–water partition coefficient (Wildman–Crippen LogP) is 0.121. The van der Waals surface area contributed by atoms with Crippen molar-refractivity contribution in [2.45, 2.75) is 12.5 Å². The number of urea groups is 1. The molecule has 98 valence electrons. The number of aromatic amines is 1. The molecular weight excluding hydrogens is 256 g/mol. The molecule has 0 spiro atoms. The SMILES string of the molecule is O=C(O)[C@@H]1CSCN1C(=O)NCCc1ncc[nH]1. The van der Waals surface area contributed by atoms with E-state index in [0.29, 0.717) is 24.6 Å². The van der Waals surface area contributed by atoms with Gasteiger partial charge in [-0.2, -0.15) is 0 Å². The second-order valence-electron chi connectivity index (χ2n) is 3.84. The number of nitrogens with one attached hydrogen (secondary N) is 2. The Morgan fingerprint density at radius 3 is 3.17 bits per heavy atom. The highest BCUT2D eigenvalue weighted by atomic mass is 32.2. The van der Waals surface area contributed by atoms with Crippen LogP contribution in [0.25, 0.3) is 0 Å². The fraction of sp³-hybridized carbons (Fsp3) is 0.500. The summed E-state index contributed by atoms with van der Waals surface area (Å²) in [5.74, 6) is 0.701. The molecule has 0 saturated carbocycles. The summed E-state index contributed by atoms with van der Waals surface area (Å²) in [6, 6.07) is -1.06. The van der Waals surface area contributed by atoms with Crippen molar-refractivity contribution < 1.29 is 14.7 Å². The average molecular weight is 270 g/mol. The molecule has 2 heterocycles. The van der Waals surface area contributed by atoms with Crippen molar-refractivity contribution in [3.05, 3.63) is 18.2 Å². The number of hydrogen-bond donors (Lipinski definition) is 3. The van der Waals surface area contributed by atoms with Gasteiger partial charge >= 0.3 is 12.0 Å². The number of thioether (sulfide) groups is 1. The zero-order valence-corrected chi connectivity index (χ0v) is 10.4. The summed E-state index contributed by atoms with van der Waals surface area (Å²) >= 11 is 1.44. The Hall–Kier alpha value is -1.70. The monoisotopic (exact) mass is 270 g/mol. The summed E-state index contributed by atoms with van der Waals surface area (Å²) in [4.78, 5) is 31.0. The van der Waals surface area contributed by atoms with E-state index < -0.39 is 12.0 Å². The molecule has 2 amide bonds. The second-order valence-corrected chi connectivity index (χ2v) is 4.84. The minimum absolute atomic E-state index is 0.334. The molecule has 3 N–H and O–H groups in total. The number of hydrogen-bond acceptors (Lipinski definition) is 4. The number of carboxylic acids is 1. The molecular formula is C10H14N4O3S. The van der Waals surface area contributed by atoms with E-state index in [9.17, 15) is 9.59 Å². The van der Waals surface area contributed by atoms with Gasteiger partial charge in [0.25, 0.3) is 0 Å². The molecule has 1 aromatic rings. The van der Waals surface area contributed by atoms with Gasteiger partial charge in [0, 0.05) is 31.1 Å². The van der Waals surface area contributed by atoms with Crippen molar-refractivity contribution in [2.24, 2.45) is 0 Å². The van der Waals surface area contributed by atoms with Crippen LogP contribution in [0.5, 0.6) is 0 Å². The molecule has 0 radical (unpaired) electrons. The number of imidazole rings is 1. The summed E-state index contributed by atoms with van der Waals surface area (Å²) < 4.78 is 0. The van der Waals surface area contributed by atoms with Crippen LogP contribution in [-0.4, -0.2) is 56.2 Å². The highest BCUT2D eigenvalue weighted by molar-refractivity contribution is 7.99. The number of aliphatic carboxylic acids is 1. The van der Waals surface area contributed by atoms with Gasteiger partial charge in [0.2, 0.25) is 0 Å². The largest absolute Gasteiger partial charge is 0.480 e. The summed E-state index contributed by atoms with van der Waals surface area (Å²) in [7, 11) is 0. The first-order valence-corrected chi connectivity index (χ1v) is 6.67. The van der Waals surface area contributed by atoms with Crippen LogP contribution < -0.4 is 5.32 Å². The van der Waals surface area contributed by atoms with Gasteiger partial charge in [-0.25, -0.2) is 14.6 Å². The van der Waals surface area contributed by atoms with E-state index in [1.807, 2.05) is 0 Å². The van der Waals surface area contributed by atoms with Crippen LogP contribution >= 0.6 is 11.8 Å². The number of aromatic nitrogens is 2. The molecule has 0 unspecified atom stereocenters. The van der Waals surface area contributed by atoms with Gasteiger partial charge in [0.15, 0.2) is 0 Å². The Kier molecular flexibility index (Phi) is 4.08. The predicted molar refractivity (Wildman–Crippen MR) is 66.3 cm³/mol. The Bertz CT molecular complexity index is 423. The molecule has 0 aromatic carbocycles. The molecule has 1 aliphatic heterocycles. The third-order valence-corrected chi connectivity index (χ3v) is 3.63. The fourth-order valence-electron chi connectivity index (χ4n) is 1.67. The maximum Gasteiger partial charge on any atom is 0.327 e. The van der Waals surface area contributed by atoms with E-state index in [2.05, 4.69) is 15.3 Å². The van der Waals surface area contributed by atoms with Gasteiger partial charge in [-0.15, -0.1) is 11.8 Å². The minimum Gasteiger partial charge on any atom is -0.480 e. The first-order valence-electron chi connectivity index (χ1n) is 5.52. The molecule has 7 nitrogen and oxygen atoms in total. The minimum atomic E-state index is -0.957. The zero-order chi connectivity index (χ0) is 13.0. The number of nitrogens with zero attached hydrogens (tertiary/aromatic N) is 2. The van der Waals surface area contributed by atoms with Crippen molar-refractivity contribution in [3.8, 4) is 0 Å². The third-order valence-electron chi connectivity index (χ3n) is 2.62. The lowest BCUT2D eigenvalue weighted by Crippen LogP contribution is -2.47. The maximum atomic E-state index is 11.8. The van der Waals surface area contributed by atoms with E-state index in [0.717, 1.165) is 5.82 Å². The number of carbonyl (C=O) groups is 2.